The molecule has 3 rings (SSSR count). The fourth-order valence-electron chi connectivity index (χ4n) is 3.54. The average Bonchev–Trinajstić information content (AvgIpc) is 2.69. The van der Waals surface area contributed by atoms with E-state index in [4.69, 9.17) is 0 Å². The number of hydrogen-bond acceptors (Lipinski definition) is 4. The lowest BCUT2D eigenvalue weighted by Crippen LogP contribution is -2.48. The van der Waals surface area contributed by atoms with Crippen molar-refractivity contribution in [1.82, 2.24) is 10.2 Å². The molecule has 2 aromatic rings. The van der Waals surface area contributed by atoms with Gasteiger partial charge in [-0.1, -0.05) is 35.9 Å². The summed E-state index contributed by atoms with van der Waals surface area (Å²) in [6.07, 6.45) is 1.74. The molecule has 0 aromatic heterocycles. The molecule has 0 spiro atoms. The van der Waals surface area contributed by atoms with E-state index in [2.05, 4.69) is 17.3 Å². The number of hydrogen-bond donors (Lipinski definition) is 1. The van der Waals surface area contributed by atoms with E-state index in [0.29, 0.717) is 5.69 Å². The number of benzene rings is 2. The quantitative estimate of drug-likeness (QED) is 0.788. The number of rotatable bonds is 6. The van der Waals surface area contributed by atoms with Gasteiger partial charge >= 0.3 is 0 Å². The summed E-state index contributed by atoms with van der Waals surface area (Å²) < 4.78 is 28.0. The van der Waals surface area contributed by atoms with Crippen molar-refractivity contribution < 1.29 is 13.2 Å². The van der Waals surface area contributed by atoms with Crippen LogP contribution in [0.15, 0.2) is 53.4 Å². The van der Waals surface area contributed by atoms with Crippen LogP contribution in [-0.4, -0.2) is 51.9 Å². The number of likely N-dealkylation sites (tertiary alicyclic amines) is 1. The molecule has 0 unspecified atom stereocenters. The number of nitrogens with zero attached hydrogens (tertiary/aromatic N) is 2. The third-order valence-electron chi connectivity index (χ3n) is 5.36. The predicted octanol–water partition coefficient (Wildman–Crippen LogP) is 2.71. The predicted molar refractivity (Wildman–Crippen MR) is 116 cm³/mol. The SMILES string of the molecule is Cc1ccc(S(=O)(=O)N(CC(=O)NC2CCN(C)CC2)c2ccccc2C)cc1. The number of sulfonamides is 1. The molecule has 29 heavy (non-hydrogen) atoms. The summed E-state index contributed by atoms with van der Waals surface area (Å²) in [5, 5.41) is 3.02. The zero-order chi connectivity index (χ0) is 21.0. The van der Waals surface area contributed by atoms with Crippen molar-refractivity contribution in [1.29, 1.82) is 0 Å². The first-order valence-corrected chi connectivity index (χ1v) is 11.3. The van der Waals surface area contributed by atoms with Crippen molar-refractivity contribution in [2.75, 3.05) is 31.0 Å². The molecular weight excluding hydrogens is 386 g/mol. The second-order valence-electron chi connectivity index (χ2n) is 7.76. The van der Waals surface area contributed by atoms with Gasteiger partial charge in [0.2, 0.25) is 5.91 Å². The minimum atomic E-state index is -3.87. The summed E-state index contributed by atoms with van der Waals surface area (Å²) >= 11 is 0. The largest absolute Gasteiger partial charge is 0.352 e. The van der Waals surface area contributed by atoms with E-state index in [0.717, 1.165) is 37.1 Å². The van der Waals surface area contributed by atoms with Crippen LogP contribution >= 0.6 is 0 Å². The third-order valence-corrected chi connectivity index (χ3v) is 7.14. The van der Waals surface area contributed by atoms with Crippen molar-refractivity contribution in [3.63, 3.8) is 0 Å². The molecule has 156 valence electrons. The molecule has 0 bridgehead atoms. The van der Waals surface area contributed by atoms with Gasteiger partial charge in [-0.3, -0.25) is 9.10 Å². The van der Waals surface area contributed by atoms with Crippen LogP contribution in [0.1, 0.15) is 24.0 Å². The maximum atomic E-state index is 13.4. The molecule has 0 aliphatic carbocycles. The van der Waals surface area contributed by atoms with Gasteiger partial charge in [0.25, 0.3) is 10.0 Å². The lowest BCUT2D eigenvalue weighted by atomic mass is 10.1. The fraction of sp³-hybridized carbons (Fsp3) is 0.409. The summed E-state index contributed by atoms with van der Waals surface area (Å²) in [5.74, 6) is -0.279. The summed E-state index contributed by atoms with van der Waals surface area (Å²) in [6, 6.07) is 14.0. The highest BCUT2D eigenvalue weighted by Crippen LogP contribution is 2.26. The Balaban J connectivity index is 1.87. The Labute approximate surface area is 173 Å². The minimum Gasteiger partial charge on any atom is -0.352 e. The van der Waals surface area contributed by atoms with E-state index in [1.807, 2.05) is 26.0 Å². The molecule has 1 heterocycles. The van der Waals surface area contributed by atoms with E-state index in [9.17, 15) is 13.2 Å². The smallest absolute Gasteiger partial charge is 0.264 e. The Morgan fingerprint density at radius 1 is 1.07 bits per heavy atom. The molecule has 7 heteroatoms. The summed E-state index contributed by atoms with van der Waals surface area (Å²) in [4.78, 5) is 15.2. The van der Waals surface area contributed by atoms with Gasteiger partial charge in [-0.05, 0) is 70.6 Å². The second kappa shape index (κ2) is 8.97. The summed E-state index contributed by atoms with van der Waals surface area (Å²) in [7, 11) is -1.81. The number of piperidine rings is 1. The molecule has 0 saturated carbocycles. The Kier molecular flexibility index (Phi) is 6.59. The highest BCUT2D eigenvalue weighted by molar-refractivity contribution is 7.92. The molecule has 1 N–H and O–H groups in total. The van der Waals surface area contributed by atoms with Crippen LogP contribution in [0, 0.1) is 13.8 Å². The van der Waals surface area contributed by atoms with Gasteiger partial charge in [0.05, 0.1) is 10.6 Å². The van der Waals surface area contributed by atoms with Gasteiger partial charge in [-0.25, -0.2) is 8.42 Å². The van der Waals surface area contributed by atoms with Crippen LogP contribution in [0.25, 0.3) is 0 Å². The van der Waals surface area contributed by atoms with Crippen LogP contribution in [-0.2, 0) is 14.8 Å². The number of carbonyl (C=O) groups excluding carboxylic acids is 1. The van der Waals surface area contributed by atoms with Crippen LogP contribution in [0.4, 0.5) is 5.69 Å². The van der Waals surface area contributed by atoms with Crippen molar-refractivity contribution in [2.24, 2.45) is 0 Å². The zero-order valence-electron chi connectivity index (χ0n) is 17.3. The highest BCUT2D eigenvalue weighted by Gasteiger charge is 2.29. The van der Waals surface area contributed by atoms with Crippen LogP contribution in [0.2, 0.25) is 0 Å². The van der Waals surface area contributed by atoms with E-state index in [1.165, 1.54) is 4.31 Å². The lowest BCUT2D eigenvalue weighted by Gasteiger charge is -2.31. The fourth-order valence-corrected chi connectivity index (χ4v) is 5.02. The molecule has 2 aromatic carbocycles. The van der Waals surface area contributed by atoms with Gasteiger partial charge in [0, 0.05) is 6.04 Å². The number of amides is 1. The minimum absolute atomic E-state index is 0.0829. The van der Waals surface area contributed by atoms with Crippen molar-refractivity contribution in [3.8, 4) is 0 Å². The topological polar surface area (TPSA) is 69.7 Å². The average molecular weight is 416 g/mol. The third kappa shape index (κ3) is 5.16. The van der Waals surface area contributed by atoms with Gasteiger partial charge in [0.15, 0.2) is 0 Å². The molecule has 1 aliphatic heterocycles. The number of anilines is 1. The molecule has 0 atom stereocenters. The van der Waals surface area contributed by atoms with Crippen molar-refractivity contribution in [2.45, 2.75) is 37.6 Å². The summed E-state index contributed by atoms with van der Waals surface area (Å²) in [6.45, 7) is 5.36. The molecular formula is C22H29N3O3S. The van der Waals surface area contributed by atoms with Gasteiger partial charge < -0.3 is 10.2 Å². The molecule has 1 aliphatic rings. The van der Waals surface area contributed by atoms with Crippen molar-refractivity contribution in [3.05, 3.63) is 59.7 Å². The van der Waals surface area contributed by atoms with Crippen molar-refractivity contribution >= 4 is 21.6 Å². The normalized spacial score (nSPS) is 15.8. The first kappa shape index (κ1) is 21.3. The Morgan fingerprint density at radius 3 is 2.31 bits per heavy atom. The van der Waals surface area contributed by atoms with E-state index in [1.54, 1.807) is 36.4 Å². The van der Waals surface area contributed by atoms with Gasteiger partial charge in [-0.2, -0.15) is 0 Å². The van der Waals surface area contributed by atoms with Crippen LogP contribution in [0.3, 0.4) is 0 Å². The molecule has 6 nitrogen and oxygen atoms in total. The molecule has 1 saturated heterocycles. The molecule has 1 fully saturated rings. The number of nitrogens with one attached hydrogen (secondary N) is 1. The first-order chi connectivity index (χ1) is 13.8. The van der Waals surface area contributed by atoms with Gasteiger partial charge in [0.1, 0.15) is 6.54 Å². The standard InChI is InChI=1S/C22H29N3O3S/c1-17-8-10-20(11-9-17)29(27,28)25(21-7-5-4-6-18(21)2)16-22(26)23-19-12-14-24(3)15-13-19/h4-11,19H,12-16H2,1-3H3,(H,23,26). The Morgan fingerprint density at radius 2 is 1.69 bits per heavy atom. The number of carbonyl (C=O) groups is 1. The maximum Gasteiger partial charge on any atom is 0.264 e. The number of aryl methyl sites for hydroxylation is 2. The molecule has 1 amide bonds. The van der Waals surface area contributed by atoms with E-state index >= 15 is 0 Å². The summed E-state index contributed by atoms with van der Waals surface area (Å²) in [5.41, 5.74) is 2.30. The van der Waals surface area contributed by atoms with Gasteiger partial charge in [-0.15, -0.1) is 0 Å². The number of para-hydroxylation sites is 1. The maximum absolute atomic E-state index is 13.4. The molecule has 0 radical (unpaired) electrons. The Bertz CT molecular complexity index is 950. The van der Waals surface area contributed by atoms with Crippen LogP contribution < -0.4 is 9.62 Å². The highest BCUT2D eigenvalue weighted by atomic mass is 32.2. The first-order valence-electron chi connectivity index (χ1n) is 9.90. The lowest BCUT2D eigenvalue weighted by molar-refractivity contribution is -0.120. The monoisotopic (exact) mass is 415 g/mol. The van der Waals surface area contributed by atoms with E-state index in [-0.39, 0.29) is 23.4 Å². The van der Waals surface area contributed by atoms with Crippen LogP contribution in [0.5, 0.6) is 0 Å². The Hall–Kier alpha value is -2.38. The van der Waals surface area contributed by atoms with E-state index < -0.39 is 10.0 Å². The second-order valence-corrected chi connectivity index (χ2v) is 9.62. The zero-order valence-corrected chi connectivity index (χ0v) is 18.1.